The van der Waals surface area contributed by atoms with Crippen LogP contribution < -0.4 is 5.73 Å². The molecule has 0 aliphatic carbocycles. The SMILES string of the molecule is CCN1CCCC1CC(C)(C)CN. The minimum absolute atomic E-state index is 0.322. The molecule has 1 unspecified atom stereocenters. The summed E-state index contributed by atoms with van der Waals surface area (Å²) in [4.78, 5) is 2.59. The van der Waals surface area contributed by atoms with Crippen molar-refractivity contribution in [3.05, 3.63) is 0 Å². The summed E-state index contributed by atoms with van der Waals surface area (Å²) in [5, 5.41) is 0. The van der Waals surface area contributed by atoms with Crippen molar-refractivity contribution in [1.82, 2.24) is 4.90 Å². The lowest BCUT2D eigenvalue weighted by molar-refractivity contribution is 0.192. The predicted octanol–water partition coefficient (Wildman–Crippen LogP) is 1.85. The molecule has 0 amide bonds. The first-order valence-corrected chi connectivity index (χ1v) is 5.53. The number of rotatable bonds is 4. The van der Waals surface area contributed by atoms with Crippen LogP contribution in [-0.4, -0.2) is 30.6 Å². The lowest BCUT2D eigenvalue weighted by Gasteiger charge is -2.31. The van der Waals surface area contributed by atoms with Gasteiger partial charge < -0.3 is 10.6 Å². The Morgan fingerprint density at radius 2 is 2.15 bits per heavy atom. The zero-order valence-electron chi connectivity index (χ0n) is 9.34. The van der Waals surface area contributed by atoms with Crippen molar-refractivity contribution in [1.29, 1.82) is 0 Å². The van der Waals surface area contributed by atoms with Gasteiger partial charge in [-0.3, -0.25) is 0 Å². The van der Waals surface area contributed by atoms with Crippen LogP contribution in [0, 0.1) is 5.41 Å². The molecule has 1 atom stereocenters. The second-order valence-corrected chi connectivity index (χ2v) is 5.00. The van der Waals surface area contributed by atoms with Crippen molar-refractivity contribution < 1.29 is 0 Å². The van der Waals surface area contributed by atoms with Crippen molar-refractivity contribution in [3.8, 4) is 0 Å². The molecule has 2 heteroatoms. The van der Waals surface area contributed by atoms with Crippen LogP contribution in [0.3, 0.4) is 0 Å². The number of likely N-dealkylation sites (tertiary alicyclic amines) is 1. The van der Waals surface area contributed by atoms with Gasteiger partial charge >= 0.3 is 0 Å². The largest absolute Gasteiger partial charge is 0.330 e. The molecule has 0 saturated carbocycles. The lowest BCUT2D eigenvalue weighted by Crippen LogP contribution is -2.36. The molecular formula is C11H24N2. The van der Waals surface area contributed by atoms with Crippen molar-refractivity contribution in [2.75, 3.05) is 19.6 Å². The Morgan fingerprint density at radius 1 is 1.46 bits per heavy atom. The molecule has 2 N–H and O–H groups in total. The minimum atomic E-state index is 0.322. The van der Waals surface area contributed by atoms with Gasteiger partial charge in [-0.25, -0.2) is 0 Å². The van der Waals surface area contributed by atoms with Gasteiger partial charge in [0.05, 0.1) is 0 Å². The molecule has 0 aromatic heterocycles. The van der Waals surface area contributed by atoms with E-state index in [0.717, 1.165) is 12.6 Å². The van der Waals surface area contributed by atoms with Crippen molar-refractivity contribution in [2.24, 2.45) is 11.1 Å². The lowest BCUT2D eigenvalue weighted by atomic mass is 9.85. The number of hydrogen-bond acceptors (Lipinski definition) is 2. The van der Waals surface area contributed by atoms with Gasteiger partial charge in [-0.15, -0.1) is 0 Å². The molecule has 1 aliphatic rings. The molecule has 1 saturated heterocycles. The van der Waals surface area contributed by atoms with E-state index in [1.165, 1.54) is 32.4 Å². The Morgan fingerprint density at radius 3 is 2.69 bits per heavy atom. The summed E-state index contributed by atoms with van der Waals surface area (Å²) >= 11 is 0. The average molecular weight is 184 g/mol. The van der Waals surface area contributed by atoms with E-state index in [9.17, 15) is 0 Å². The minimum Gasteiger partial charge on any atom is -0.330 e. The number of nitrogens with zero attached hydrogens (tertiary/aromatic N) is 1. The highest BCUT2D eigenvalue weighted by Crippen LogP contribution is 2.29. The van der Waals surface area contributed by atoms with Gasteiger partial charge in [0, 0.05) is 6.04 Å². The summed E-state index contributed by atoms with van der Waals surface area (Å²) in [5.41, 5.74) is 6.07. The van der Waals surface area contributed by atoms with Crippen LogP contribution in [0.5, 0.6) is 0 Å². The molecule has 0 spiro atoms. The Balaban J connectivity index is 2.43. The normalized spacial score (nSPS) is 25.4. The molecule has 0 bridgehead atoms. The van der Waals surface area contributed by atoms with Crippen molar-refractivity contribution in [2.45, 2.75) is 46.1 Å². The summed E-state index contributed by atoms with van der Waals surface area (Å²) in [7, 11) is 0. The fraction of sp³-hybridized carbons (Fsp3) is 1.00. The molecule has 1 fully saturated rings. The monoisotopic (exact) mass is 184 g/mol. The van der Waals surface area contributed by atoms with Crippen molar-refractivity contribution >= 4 is 0 Å². The third-order valence-electron chi connectivity index (χ3n) is 3.25. The molecule has 1 rings (SSSR count). The Labute approximate surface area is 82.5 Å². The van der Waals surface area contributed by atoms with Crippen molar-refractivity contribution in [3.63, 3.8) is 0 Å². The highest BCUT2D eigenvalue weighted by Gasteiger charge is 2.28. The number of nitrogens with two attached hydrogens (primary N) is 1. The molecule has 2 nitrogen and oxygen atoms in total. The summed E-state index contributed by atoms with van der Waals surface area (Å²) in [6.07, 6.45) is 4.01. The first-order chi connectivity index (χ1) is 6.09. The van der Waals surface area contributed by atoms with Gasteiger partial charge in [-0.2, -0.15) is 0 Å². The second-order valence-electron chi connectivity index (χ2n) is 5.00. The molecule has 0 radical (unpaired) electrons. The van der Waals surface area contributed by atoms with Gasteiger partial charge in [0.15, 0.2) is 0 Å². The van der Waals surface area contributed by atoms with E-state index in [-0.39, 0.29) is 0 Å². The molecule has 1 heterocycles. The van der Waals surface area contributed by atoms with E-state index in [4.69, 9.17) is 5.73 Å². The highest BCUT2D eigenvalue weighted by atomic mass is 15.2. The van der Waals surface area contributed by atoms with Crippen LogP contribution in [0.15, 0.2) is 0 Å². The maximum absolute atomic E-state index is 5.75. The molecular weight excluding hydrogens is 160 g/mol. The van der Waals surface area contributed by atoms with E-state index < -0.39 is 0 Å². The first-order valence-electron chi connectivity index (χ1n) is 5.53. The summed E-state index contributed by atoms with van der Waals surface area (Å²) in [6, 6.07) is 0.795. The fourth-order valence-electron chi connectivity index (χ4n) is 2.26. The van der Waals surface area contributed by atoms with Crippen LogP contribution in [0.1, 0.15) is 40.0 Å². The second kappa shape index (κ2) is 4.43. The van der Waals surface area contributed by atoms with Crippen LogP contribution in [0.2, 0.25) is 0 Å². The zero-order chi connectivity index (χ0) is 9.90. The highest BCUT2D eigenvalue weighted by molar-refractivity contribution is 4.84. The third kappa shape index (κ3) is 2.96. The van der Waals surface area contributed by atoms with Gasteiger partial charge in [0.25, 0.3) is 0 Å². The maximum Gasteiger partial charge on any atom is 0.0101 e. The maximum atomic E-state index is 5.75. The average Bonchev–Trinajstić information content (AvgIpc) is 2.51. The third-order valence-corrected chi connectivity index (χ3v) is 3.25. The van der Waals surface area contributed by atoms with E-state index in [0.29, 0.717) is 5.41 Å². The van der Waals surface area contributed by atoms with E-state index >= 15 is 0 Å². The Bertz CT molecular complexity index is 154. The van der Waals surface area contributed by atoms with Crippen LogP contribution >= 0.6 is 0 Å². The Hall–Kier alpha value is -0.0800. The van der Waals surface area contributed by atoms with Gasteiger partial charge in [0.2, 0.25) is 0 Å². The molecule has 13 heavy (non-hydrogen) atoms. The summed E-state index contributed by atoms with van der Waals surface area (Å²) in [6.45, 7) is 10.1. The van der Waals surface area contributed by atoms with Gasteiger partial charge in [-0.1, -0.05) is 20.8 Å². The topological polar surface area (TPSA) is 29.3 Å². The predicted molar refractivity (Wildman–Crippen MR) is 57.7 cm³/mol. The van der Waals surface area contributed by atoms with Gasteiger partial charge in [0.1, 0.15) is 0 Å². The summed E-state index contributed by atoms with van der Waals surface area (Å²) < 4.78 is 0. The van der Waals surface area contributed by atoms with Gasteiger partial charge in [-0.05, 0) is 44.3 Å². The number of hydrogen-bond donors (Lipinski definition) is 1. The standard InChI is InChI=1S/C11H24N2/c1-4-13-7-5-6-10(13)8-11(2,3)9-12/h10H,4-9,12H2,1-3H3. The molecule has 0 aromatic rings. The molecule has 1 aliphatic heterocycles. The van der Waals surface area contributed by atoms with Crippen LogP contribution in [0.4, 0.5) is 0 Å². The molecule has 0 aromatic carbocycles. The van der Waals surface area contributed by atoms with Crippen LogP contribution in [-0.2, 0) is 0 Å². The Kier molecular flexibility index (Phi) is 3.74. The van der Waals surface area contributed by atoms with Crippen LogP contribution in [0.25, 0.3) is 0 Å². The smallest absolute Gasteiger partial charge is 0.0101 e. The van der Waals surface area contributed by atoms with E-state index in [1.54, 1.807) is 0 Å². The quantitative estimate of drug-likeness (QED) is 0.722. The summed E-state index contributed by atoms with van der Waals surface area (Å²) in [5.74, 6) is 0. The van der Waals surface area contributed by atoms with E-state index in [2.05, 4.69) is 25.7 Å². The van der Waals surface area contributed by atoms with E-state index in [1.807, 2.05) is 0 Å². The molecule has 78 valence electrons. The first kappa shape index (κ1) is 11.0. The zero-order valence-corrected chi connectivity index (χ0v) is 9.34. The fourth-order valence-corrected chi connectivity index (χ4v) is 2.26.